The van der Waals surface area contributed by atoms with Crippen LogP contribution in [-0.2, 0) is 0 Å². The summed E-state index contributed by atoms with van der Waals surface area (Å²) in [4.78, 5) is 0. The van der Waals surface area contributed by atoms with Crippen molar-refractivity contribution in [2.45, 2.75) is 13.8 Å². The molecule has 0 radical (unpaired) electrons. The quantitative estimate of drug-likeness (QED) is 0.534. The molecule has 0 bridgehead atoms. The van der Waals surface area contributed by atoms with E-state index in [1.54, 1.807) is 0 Å². The number of halogens is 2. The summed E-state index contributed by atoms with van der Waals surface area (Å²) >= 11 is 10.5. The third-order valence-electron chi connectivity index (χ3n) is 0.503. The summed E-state index contributed by atoms with van der Waals surface area (Å²) in [6, 6.07) is 0. The fourth-order valence-corrected chi connectivity index (χ4v) is 0.828. The number of rotatable bonds is 2. The van der Waals surface area contributed by atoms with Gasteiger partial charge in [-0.15, -0.1) is 3.94 Å². The minimum atomic E-state index is 0.537. The normalized spacial score (nSPS) is 11.1. The topological polar surface area (TPSA) is 3.24 Å². The van der Waals surface area contributed by atoms with E-state index in [-0.39, 0.29) is 0 Å². The maximum absolute atomic E-state index is 5.27. The Morgan fingerprint density at radius 1 is 1.43 bits per heavy atom. The summed E-state index contributed by atoms with van der Waals surface area (Å²) in [5.74, 6) is 0.537. The van der Waals surface area contributed by atoms with Gasteiger partial charge in [0, 0.05) is 6.54 Å². The summed E-state index contributed by atoms with van der Waals surface area (Å²) in [5.41, 5.74) is 0. The van der Waals surface area contributed by atoms with Gasteiger partial charge in [-0.3, -0.25) is 0 Å². The maximum Gasteiger partial charge on any atom is 0.0327 e. The molecule has 0 saturated heterocycles. The van der Waals surface area contributed by atoms with E-state index in [4.69, 9.17) is 23.6 Å². The second kappa shape index (κ2) is 3.53. The number of hydrogen-bond acceptors (Lipinski definition) is 1. The van der Waals surface area contributed by atoms with Gasteiger partial charge in [-0.05, 0) is 29.5 Å². The van der Waals surface area contributed by atoms with Gasteiger partial charge in [-0.1, -0.05) is 13.8 Å². The molecule has 1 nitrogen and oxygen atoms in total. The first kappa shape index (κ1) is 7.54. The van der Waals surface area contributed by atoms with Gasteiger partial charge in [0.05, 0.1) is 0 Å². The lowest BCUT2D eigenvalue weighted by Gasteiger charge is -2.04. The molecule has 0 heterocycles. The molecule has 0 aromatic carbocycles. The highest BCUT2D eigenvalue weighted by molar-refractivity contribution is 6.33. The van der Waals surface area contributed by atoms with Crippen molar-refractivity contribution in [1.29, 1.82) is 0 Å². The van der Waals surface area contributed by atoms with Crippen LogP contribution in [0.3, 0.4) is 0 Å². The first-order chi connectivity index (χ1) is 3.13. The molecule has 0 fully saturated rings. The zero-order valence-corrected chi connectivity index (χ0v) is 6.00. The van der Waals surface area contributed by atoms with Crippen LogP contribution in [0.5, 0.6) is 0 Å². The Hall–Kier alpha value is 0.540. The van der Waals surface area contributed by atoms with Gasteiger partial charge in [0.1, 0.15) is 0 Å². The molecule has 0 saturated carbocycles. The molecule has 0 spiro atoms. The van der Waals surface area contributed by atoms with Gasteiger partial charge >= 0.3 is 0 Å². The van der Waals surface area contributed by atoms with E-state index >= 15 is 0 Å². The van der Waals surface area contributed by atoms with E-state index in [9.17, 15) is 0 Å². The van der Waals surface area contributed by atoms with E-state index in [2.05, 4.69) is 13.8 Å². The van der Waals surface area contributed by atoms with Gasteiger partial charge in [0.2, 0.25) is 0 Å². The molecular formula is C4H9Cl2N. The molecule has 0 aliphatic carbocycles. The molecule has 0 aromatic rings. The van der Waals surface area contributed by atoms with Crippen LogP contribution in [0.4, 0.5) is 0 Å². The van der Waals surface area contributed by atoms with Gasteiger partial charge in [0.25, 0.3) is 0 Å². The SMILES string of the molecule is CC(C)CN(Cl)Cl. The zero-order valence-electron chi connectivity index (χ0n) is 4.49. The third-order valence-corrected chi connectivity index (χ3v) is 0.779. The summed E-state index contributed by atoms with van der Waals surface area (Å²) < 4.78 is 1.14. The minimum Gasteiger partial charge on any atom is -0.132 e. The Kier molecular flexibility index (Phi) is 3.80. The second-order valence-electron chi connectivity index (χ2n) is 1.88. The van der Waals surface area contributed by atoms with Crippen molar-refractivity contribution < 1.29 is 0 Å². The van der Waals surface area contributed by atoms with Gasteiger partial charge in [0.15, 0.2) is 0 Å². The first-order valence-electron chi connectivity index (χ1n) is 2.22. The lowest BCUT2D eigenvalue weighted by Crippen LogP contribution is -2.06. The van der Waals surface area contributed by atoms with E-state index in [0.717, 1.165) is 10.5 Å². The van der Waals surface area contributed by atoms with Crippen LogP contribution in [0, 0.1) is 5.92 Å². The average Bonchev–Trinajstić information content (AvgIpc) is 1.27. The molecule has 7 heavy (non-hydrogen) atoms. The highest BCUT2D eigenvalue weighted by Gasteiger charge is 1.96. The van der Waals surface area contributed by atoms with Crippen LogP contribution in [0.2, 0.25) is 0 Å². The predicted octanol–water partition coefficient (Wildman–Crippen LogP) is 2.25. The molecule has 0 amide bonds. The van der Waals surface area contributed by atoms with Crippen LogP contribution < -0.4 is 0 Å². The summed E-state index contributed by atoms with van der Waals surface area (Å²) in [7, 11) is 0. The zero-order chi connectivity index (χ0) is 5.86. The van der Waals surface area contributed by atoms with Crippen LogP contribution in [0.25, 0.3) is 0 Å². The van der Waals surface area contributed by atoms with Crippen LogP contribution in [-0.4, -0.2) is 10.5 Å². The van der Waals surface area contributed by atoms with Gasteiger partial charge in [-0.2, -0.15) is 0 Å². The Balaban J connectivity index is 2.95. The van der Waals surface area contributed by atoms with Crippen molar-refractivity contribution in [3.05, 3.63) is 0 Å². The van der Waals surface area contributed by atoms with Crippen LogP contribution in [0.1, 0.15) is 13.8 Å². The van der Waals surface area contributed by atoms with E-state index < -0.39 is 0 Å². The van der Waals surface area contributed by atoms with Gasteiger partial charge < -0.3 is 0 Å². The first-order valence-corrected chi connectivity index (χ1v) is 2.89. The number of hydrogen-bond donors (Lipinski definition) is 0. The highest BCUT2D eigenvalue weighted by Crippen LogP contribution is 2.03. The second-order valence-corrected chi connectivity index (χ2v) is 2.87. The lowest BCUT2D eigenvalue weighted by molar-refractivity contribution is 0.537. The predicted molar refractivity (Wildman–Crippen MR) is 33.2 cm³/mol. The van der Waals surface area contributed by atoms with Crippen LogP contribution >= 0.6 is 23.6 Å². The van der Waals surface area contributed by atoms with Crippen molar-refractivity contribution in [1.82, 2.24) is 3.94 Å². The molecule has 3 heteroatoms. The average molecular weight is 142 g/mol. The van der Waals surface area contributed by atoms with E-state index in [0.29, 0.717) is 5.92 Å². The monoisotopic (exact) mass is 141 g/mol. The molecule has 0 atom stereocenters. The van der Waals surface area contributed by atoms with E-state index in [1.165, 1.54) is 0 Å². The van der Waals surface area contributed by atoms with Crippen molar-refractivity contribution >= 4 is 23.6 Å². The molecule has 0 rings (SSSR count). The highest BCUT2D eigenvalue weighted by atomic mass is 35.5. The van der Waals surface area contributed by atoms with E-state index in [1.807, 2.05) is 0 Å². The Labute approximate surface area is 54.4 Å². The molecular weight excluding hydrogens is 133 g/mol. The molecule has 0 N–H and O–H groups in total. The fourth-order valence-electron chi connectivity index (χ4n) is 0.276. The molecule has 0 unspecified atom stereocenters. The summed E-state index contributed by atoms with van der Waals surface area (Å²) in [6.45, 7) is 4.83. The Morgan fingerprint density at radius 3 is 1.86 bits per heavy atom. The molecule has 44 valence electrons. The summed E-state index contributed by atoms with van der Waals surface area (Å²) in [6.07, 6.45) is 0. The molecule has 0 aliphatic rings. The smallest absolute Gasteiger partial charge is 0.0327 e. The summed E-state index contributed by atoms with van der Waals surface area (Å²) in [5, 5.41) is 0. The molecule has 0 aromatic heterocycles. The van der Waals surface area contributed by atoms with Crippen molar-refractivity contribution in [2.75, 3.05) is 6.54 Å². The minimum absolute atomic E-state index is 0.537. The van der Waals surface area contributed by atoms with Gasteiger partial charge in [-0.25, -0.2) is 0 Å². The standard InChI is InChI=1S/C4H9Cl2N/c1-4(2)3-7(5)6/h4H,3H2,1-2H3. The van der Waals surface area contributed by atoms with Crippen molar-refractivity contribution in [2.24, 2.45) is 5.92 Å². The fraction of sp³-hybridized carbons (Fsp3) is 1.00. The Bertz CT molecular complexity index is 39.0. The van der Waals surface area contributed by atoms with Crippen molar-refractivity contribution in [3.8, 4) is 0 Å². The molecule has 0 aliphatic heterocycles. The maximum atomic E-state index is 5.27. The Morgan fingerprint density at radius 2 is 1.86 bits per heavy atom. The lowest BCUT2D eigenvalue weighted by atomic mass is 10.2. The number of nitrogens with zero attached hydrogens (tertiary/aromatic N) is 1. The third kappa shape index (κ3) is 6.54. The van der Waals surface area contributed by atoms with Crippen LogP contribution in [0.15, 0.2) is 0 Å². The largest absolute Gasteiger partial charge is 0.132 e. The van der Waals surface area contributed by atoms with Crippen molar-refractivity contribution in [3.63, 3.8) is 0 Å².